The van der Waals surface area contributed by atoms with Gasteiger partial charge in [0.05, 0.1) is 71.1 Å². The molecule has 112 heavy (non-hydrogen) atoms. The van der Waals surface area contributed by atoms with Gasteiger partial charge >= 0.3 is 0 Å². The van der Waals surface area contributed by atoms with Crippen molar-refractivity contribution in [2.45, 2.75) is 317 Å². The van der Waals surface area contributed by atoms with Gasteiger partial charge in [0, 0.05) is 27.7 Å². The third-order valence-electron chi connectivity index (χ3n) is 20.6. The second-order valence-corrected chi connectivity index (χ2v) is 28.5. The van der Waals surface area contributed by atoms with Crippen molar-refractivity contribution in [1.29, 1.82) is 0 Å². The normalized spacial score (nSPS) is 48.8. The zero-order chi connectivity index (χ0) is 81.8. The van der Waals surface area contributed by atoms with E-state index in [4.69, 9.17) is 80.5 Å². The van der Waals surface area contributed by atoms with Crippen molar-refractivity contribution in [1.82, 2.24) is 21.3 Å². The van der Waals surface area contributed by atoms with E-state index in [1.54, 1.807) is 0 Å². The maximum atomic E-state index is 13.0. The van der Waals surface area contributed by atoms with Crippen LogP contribution in [0.1, 0.15) is 41.5 Å². The molecule has 9 aliphatic rings. The number of hydrogen-bond acceptors (Lipinski definition) is 44. The Morgan fingerprint density at radius 3 is 0.920 bits per heavy atom. The van der Waals surface area contributed by atoms with Gasteiger partial charge in [0.1, 0.15) is 207 Å². The number of carbonyl (C=O) groups is 4. The van der Waals surface area contributed by atoms with E-state index >= 15 is 0 Å². The summed E-state index contributed by atoms with van der Waals surface area (Å²) in [4.78, 5) is 51.1. The fourth-order valence-corrected chi connectivity index (χ4v) is 14.6. The summed E-state index contributed by atoms with van der Waals surface area (Å²) in [6.45, 7) is -1.73. The summed E-state index contributed by atoms with van der Waals surface area (Å²) < 4.78 is 102. The lowest BCUT2D eigenvalue weighted by Crippen LogP contribution is -2.71. The van der Waals surface area contributed by atoms with Gasteiger partial charge in [-0.15, -0.1) is 0 Å². The first-order valence-corrected chi connectivity index (χ1v) is 35.8. The molecule has 9 saturated heterocycles. The molecule has 0 aliphatic carbocycles. The van der Waals surface area contributed by atoms with Crippen LogP contribution in [0, 0.1) is 0 Å². The van der Waals surface area contributed by atoms with Gasteiger partial charge in [-0.05, 0) is 13.8 Å². The molecule has 0 aromatic rings. The number of nitrogens with one attached hydrogen (secondary N) is 4. The van der Waals surface area contributed by atoms with E-state index < -0.39 is 352 Å². The molecule has 0 bridgehead atoms. The summed E-state index contributed by atoms with van der Waals surface area (Å²) in [6.07, 6.45) is -81.2. The van der Waals surface area contributed by atoms with Crippen molar-refractivity contribution in [3.8, 4) is 0 Å². The third kappa shape index (κ3) is 20.6. The smallest absolute Gasteiger partial charge is 0.217 e. The fourth-order valence-electron chi connectivity index (χ4n) is 14.6. The van der Waals surface area contributed by atoms with E-state index in [1.807, 2.05) is 0 Å². The first kappa shape index (κ1) is 93.7. The van der Waals surface area contributed by atoms with Crippen LogP contribution in [-0.4, -0.2) is 475 Å². The molecule has 29 N–H and O–H groups in total. The summed E-state index contributed by atoms with van der Waals surface area (Å²) in [6, 6.07) is -6.83. The third-order valence-corrected chi connectivity index (χ3v) is 20.6. The number of ether oxygens (including phenoxy) is 17. The average Bonchev–Trinajstić information content (AvgIpc) is 0.302. The molecule has 650 valence electrons. The van der Waals surface area contributed by atoms with Gasteiger partial charge in [-0.2, -0.15) is 0 Å². The molecule has 49 nitrogen and oxygen atoms in total. The fraction of sp³-hybridized carbons (Fsp3) is 0.937. The molecule has 4 amide bonds. The zero-order valence-corrected chi connectivity index (χ0v) is 61.0. The minimum Gasteiger partial charge on any atom is -0.412 e. The monoisotopic (exact) mass is 1640 g/mol. The largest absolute Gasteiger partial charge is 0.412 e. The second kappa shape index (κ2) is 40.8. The first-order chi connectivity index (χ1) is 52.5. The molecule has 19 unspecified atom stereocenters. The van der Waals surface area contributed by atoms with Crippen molar-refractivity contribution in [3.05, 3.63) is 0 Å². The summed E-state index contributed by atoms with van der Waals surface area (Å²) in [5, 5.41) is 267. The predicted molar refractivity (Wildman–Crippen MR) is 349 cm³/mol. The van der Waals surface area contributed by atoms with Crippen molar-refractivity contribution in [2.24, 2.45) is 0 Å². The summed E-state index contributed by atoms with van der Waals surface area (Å²) in [5.41, 5.74) is 0. The SMILES string of the molecule is CC(=O)NC1C(O)[C@H](O[C@@H]2OC(CO)[C@H](O)[C@H](O)C2O)[C@H](CO)O[C@H]1OC1[C@@H](OCC2O[C@@H](O[C@@H]3C(CO)O[C@@H](O[C@@H]4C(CO)O[C@@H](C)C(NC(C)=O)[C@H]4O)C(NC(C)=O)[C@H]3O)C(O)[C@@H](O[C@H]3OC(CO)[C@@H](O)C(O)C3O[C@@H]3OC(CO)[C@@H](O[C@@H]4OC(C)[C@H](O)[C@H](O)C4O)[C@H](O)C3NC(C)=O)[C@@H]2O)OC(CO)[C@@H](O)[C@@H]1O.O. The van der Waals surface area contributed by atoms with E-state index in [0.717, 1.165) is 27.7 Å². The summed E-state index contributed by atoms with van der Waals surface area (Å²) in [7, 11) is 0. The lowest BCUT2D eigenvalue weighted by atomic mass is 9.92. The Hall–Kier alpha value is -3.76. The highest BCUT2D eigenvalue weighted by molar-refractivity contribution is 5.74. The van der Waals surface area contributed by atoms with Crippen LogP contribution in [0.15, 0.2) is 0 Å². The highest BCUT2D eigenvalue weighted by Gasteiger charge is 2.61. The minimum absolute atomic E-state index is 0. The molecule has 9 heterocycles. The topological polar surface area (TPSA) is 770 Å². The van der Waals surface area contributed by atoms with E-state index in [2.05, 4.69) is 21.3 Å². The quantitative estimate of drug-likeness (QED) is 0.0346. The van der Waals surface area contributed by atoms with Crippen LogP contribution in [0.3, 0.4) is 0 Å². The van der Waals surface area contributed by atoms with Crippen LogP contribution in [-0.2, 0) is 99.7 Å². The van der Waals surface area contributed by atoms with Crippen LogP contribution >= 0.6 is 0 Å². The molecule has 0 radical (unpaired) electrons. The van der Waals surface area contributed by atoms with Crippen LogP contribution in [0.5, 0.6) is 0 Å². The molecule has 45 atom stereocenters. The van der Waals surface area contributed by atoms with Crippen LogP contribution < -0.4 is 21.3 Å². The Labute approximate surface area is 636 Å². The van der Waals surface area contributed by atoms with E-state index in [-0.39, 0.29) is 5.48 Å². The molecule has 9 rings (SSSR count). The van der Waals surface area contributed by atoms with E-state index in [1.165, 1.54) is 13.8 Å². The molecular formula is C63H108N4O45. The maximum absolute atomic E-state index is 13.0. The molecule has 0 saturated carbocycles. The lowest BCUT2D eigenvalue weighted by Gasteiger charge is -2.51. The number of carbonyl (C=O) groups excluding carboxylic acids is 4. The van der Waals surface area contributed by atoms with Crippen molar-refractivity contribution in [2.75, 3.05) is 52.9 Å². The first-order valence-electron chi connectivity index (χ1n) is 35.8. The molecule has 49 heteroatoms. The predicted octanol–water partition coefficient (Wildman–Crippen LogP) is -18.8. The highest BCUT2D eigenvalue weighted by atomic mass is 16.8. The number of rotatable bonds is 28. The lowest BCUT2D eigenvalue weighted by molar-refractivity contribution is -0.398. The molecule has 0 aromatic carbocycles. The van der Waals surface area contributed by atoms with Crippen LogP contribution in [0.2, 0.25) is 0 Å². The minimum atomic E-state index is -2.54. The maximum Gasteiger partial charge on any atom is 0.217 e. The summed E-state index contributed by atoms with van der Waals surface area (Å²) >= 11 is 0. The average molecular weight is 1640 g/mol. The van der Waals surface area contributed by atoms with Gasteiger partial charge in [0.2, 0.25) is 23.6 Å². The summed E-state index contributed by atoms with van der Waals surface area (Å²) in [5.74, 6) is -3.35. The van der Waals surface area contributed by atoms with E-state index in [9.17, 15) is 137 Å². The Kier molecular flexibility index (Phi) is 34.1. The molecule has 9 fully saturated rings. The Balaban J connectivity index is 0.0000157. The Bertz CT molecular complexity index is 2950. The number of amides is 4. The number of hydrogen-bond donors (Lipinski definition) is 27. The molecule has 0 aromatic heterocycles. The highest BCUT2D eigenvalue weighted by Crippen LogP contribution is 2.40. The number of aliphatic hydroxyl groups excluding tert-OH is 23. The van der Waals surface area contributed by atoms with Crippen LogP contribution in [0.25, 0.3) is 0 Å². The van der Waals surface area contributed by atoms with Crippen molar-refractivity contribution >= 4 is 23.6 Å². The van der Waals surface area contributed by atoms with Gasteiger partial charge in [0.25, 0.3) is 0 Å². The van der Waals surface area contributed by atoms with E-state index in [0.29, 0.717) is 0 Å². The van der Waals surface area contributed by atoms with Gasteiger partial charge < -0.3 is 225 Å². The number of aliphatic hydroxyl groups is 23. The van der Waals surface area contributed by atoms with Gasteiger partial charge in [-0.25, -0.2) is 0 Å². The van der Waals surface area contributed by atoms with Crippen LogP contribution in [0.4, 0.5) is 0 Å². The standard InChI is InChI=1S/C63H106N4O44.H2O/c1-15-29(64-17(3)75)38(84)49(24(10-71)96-15)105-56-30(65-18(4)76)39(85)52(27(13-74)101-56)108-61-48(94)53(109-63-55(45(91)36(82)23(9-70)100-63)111-58-32(67-20(6)78)40(86)50(25(11-72)103-58)106-59-46(92)42(88)33(79)16(2)97-59)37(83)28(104-61)14-95-62-54(44(90)35(81)22(8-69)99-62)110-57-31(66-19(5)77)41(87)51(26(12-73)102-57)107-60-47(93)43(89)34(80)21(7-68)98-60;/h15-16,21-63,68-74,79-94H,7-14H2,1-6H3,(H,64,75)(H,65,76)(H,66,77)(H,67,78);1H2/t15-,16?,21?,22?,23?,24?,25?,26-,27?,28?,29?,30?,31?,32?,33-,34-,35+,36+,37+,38+,39+,40+,41?,42-,43-,44-,45?,46?,47?,48?,49+,50+,51+,52+,53-,54?,55?,56-,57-,58-,59-,60-,61-,62-,63+;/m0./s1. The molecule has 9 aliphatic heterocycles. The van der Waals surface area contributed by atoms with Crippen molar-refractivity contribution in [3.63, 3.8) is 0 Å². The van der Waals surface area contributed by atoms with Gasteiger partial charge in [-0.1, -0.05) is 0 Å². The van der Waals surface area contributed by atoms with Crippen molar-refractivity contribution < 1.29 is 223 Å². The Morgan fingerprint density at radius 2 is 0.527 bits per heavy atom. The molecular weight excluding hydrogens is 1530 g/mol. The Morgan fingerprint density at radius 1 is 0.250 bits per heavy atom. The zero-order valence-electron chi connectivity index (χ0n) is 61.0. The second-order valence-electron chi connectivity index (χ2n) is 28.5. The molecule has 0 spiro atoms. The van der Waals surface area contributed by atoms with Gasteiger partial charge in [0.15, 0.2) is 50.3 Å². The van der Waals surface area contributed by atoms with Gasteiger partial charge in [-0.3, -0.25) is 19.2 Å².